The topological polar surface area (TPSA) is 44.1 Å². The fourth-order valence-electron chi connectivity index (χ4n) is 1.37. The maximum atomic E-state index is 10.8. The highest BCUT2D eigenvalue weighted by molar-refractivity contribution is 5.79. The fourth-order valence-corrected chi connectivity index (χ4v) is 1.37. The third-order valence-corrected chi connectivity index (χ3v) is 2.46. The Morgan fingerprint density at radius 2 is 2.06 bits per heavy atom. The normalized spacial score (nSPS) is 10.1. The molecule has 0 aliphatic rings. The first kappa shape index (κ1) is 10.4. The molecule has 0 spiro atoms. The molecule has 2 aromatic rings. The first-order chi connectivity index (χ1) is 7.72. The van der Waals surface area contributed by atoms with Gasteiger partial charge in [-0.05, 0) is 19.1 Å². The Morgan fingerprint density at radius 1 is 1.31 bits per heavy atom. The molecule has 16 heavy (non-hydrogen) atoms. The number of rotatable bonds is 3. The number of carbonyl (C=O) groups is 1. The van der Waals surface area contributed by atoms with E-state index in [0.717, 1.165) is 12.0 Å². The molecule has 4 nitrogen and oxygen atoms in total. The van der Waals surface area contributed by atoms with Gasteiger partial charge in [0.2, 0.25) is 0 Å². The molecule has 1 aromatic carbocycles. The molecular formula is C12H12N2O2. The van der Waals surface area contributed by atoms with Crippen molar-refractivity contribution in [2.45, 2.75) is 6.92 Å². The summed E-state index contributed by atoms with van der Waals surface area (Å²) in [5.74, 6) is 1.21. The van der Waals surface area contributed by atoms with Gasteiger partial charge in [0.25, 0.3) is 0 Å². The zero-order valence-corrected chi connectivity index (χ0v) is 9.18. The summed E-state index contributed by atoms with van der Waals surface area (Å²) in [5.41, 5.74) is 1.45. The Hall–Kier alpha value is -2.10. The van der Waals surface area contributed by atoms with Crippen LogP contribution in [0, 0.1) is 6.92 Å². The van der Waals surface area contributed by atoms with Gasteiger partial charge in [0.15, 0.2) is 12.0 Å². The van der Waals surface area contributed by atoms with Gasteiger partial charge in [0, 0.05) is 7.05 Å². The molecule has 0 saturated carbocycles. The van der Waals surface area contributed by atoms with Crippen LogP contribution in [0.2, 0.25) is 0 Å². The Kier molecular flexibility index (Phi) is 2.72. The molecule has 0 radical (unpaired) electrons. The van der Waals surface area contributed by atoms with Crippen molar-refractivity contribution in [3.8, 4) is 11.5 Å². The number of aldehydes is 1. The maximum Gasteiger partial charge on any atom is 0.168 e. The molecule has 82 valence electrons. The summed E-state index contributed by atoms with van der Waals surface area (Å²) >= 11 is 0. The maximum absolute atomic E-state index is 10.8. The fraction of sp³-hybridized carbons (Fsp3) is 0.167. The molecule has 0 amide bonds. The Morgan fingerprint density at radius 3 is 2.69 bits per heavy atom. The van der Waals surface area contributed by atoms with E-state index in [-0.39, 0.29) is 0 Å². The Balaban J connectivity index is 2.33. The van der Waals surface area contributed by atoms with Crippen molar-refractivity contribution in [2.75, 3.05) is 0 Å². The van der Waals surface area contributed by atoms with Crippen LogP contribution in [0.4, 0.5) is 0 Å². The quantitative estimate of drug-likeness (QED) is 0.739. The second-order valence-electron chi connectivity index (χ2n) is 3.48. The van der Waals surface area contributed by atoms with Gasteiger partial charge in [0.1, 0.15) is 5.75 Å². The molecule has 0 fully saturated rings. The third kappa shape index (κ3) is 1.82. The van der Waals surface area contributed by atoms with E-state index in [2.05, 4.69) is 5.10 Å². The number of para-hydroxylation sites is 1. The largest absolute Gasteiger partial charge is 0.453 e. The van der Waals surface area contributed by atoms with Crippen molar-refractivity contribution in [2.24, 2.45) is 7.05 Å². The van der Waals surface area contributed by atoms with Crippen molar-refractivity contribution >= 4 is 6.29 Å². The van der Waals surface area contributed by atoms with E-state index in [4.69, 9.17) is 4.74 Å². The molecule has 0 aliphatic heterocycles. The summed E-state index contributed by atoms with van der Waals surface area (Å²) in [6, 6.07) is 7.10. The first-order valence-corrected chi connectivity index (χ1v) is 4.93. The van der Waals surface area contributed by atoms with E-state index < -0.39 is 0 Å². The lowest BCUT2D eigenvalue weighted by Gasteiger charge is -2.06. The summed E-state index contributed by atoms with van der Waals surface area (Å²) in [5, 5.41) is 4.07. The molecule has 0 aliphatic carbocycles. The number of aryl methyl sites for hydroxylation is 1. The van der Waals surface area contributed by atoms with Crippen LogP contribution in [0.5, 0.6) is 11.5 Å². The molecule has 0 unspecified atom stereocenters. The first-order valence-electron chi connectivity index (χ1n) is 4.93. The van der Waals surface area contributed by atoms with Crippen molar-refractivity contribution in [1.29, 1.82) is 0 Å². The lowest BCUT2D eigenvalue weighted by Crippen LogP contribution is -1.94. The van der Waals surface area contributed by atoms with Crippen LogP contribution in [0.1, 0.15) is 16.1 Å². The van der Waals surface area contributed by atoms with Gasteiger partial charge in [-0.15, -0.1) is 0 Å². The lowest BCUT2D eigenvalue weighted by atomic mass is 10.2. The number of nitrogens with zero attached hydrogens (tertiary/aromatic N) is 2. The molecule has 0 atom stereocenters. The highest BCUT2D eigenvalue weighted by Gasteiger charge is 2.08. The monoisotopic (exact) mass is 216 g/mol. The SMILES string of the molecule is Cc1c(Oc2ccccc2C=O)cnn1C. The number of hydrogen-bond acceptors (Lipinski definition) is 3. The minimum absolute atomic E-state index is 0.533. The lowest BCUT2D eigenvalue weighted by molar-refractivity contribution is 0.112. The van der Waals surface area contributed by atoms with E-state index in [1.807, 2.05) is 20.0 Å². The van der Waals surface area contributed by atoms with Crippen molar-refractivity contribution in [3.05, 3.63) is 41.7 Å². The standard InChI is InChI=1S/C12H12N2O2/c1-9-12(7-13-14(9)2)16-11-6-4-3-5-10(11)8-15/h3-8H,1-2H3. The van der Waals surface area contributed by atoms with E-state index in [1.165, 1.54) is 0 Å². The third-order valence-electron chi connectivity index (χ3n) is 2.46. The van der Waals surface area contributed by atoms with Gasteiger partial charge in [-0.3, -0.25) is 9.48 Å². The number of aromatic nitrogens is 2. The predicted octanol–water partition coefficient (Wildman–Crippen LogP) is 2.33. The molecule has 0 saturated heterocycles. The zero-order chi connectivity index (χ0) is 11.5. The van der Waals surface area contributed by atoms with Crippen LogP contribution in [0.25, 0.3) is 0 Å². The van der Waals surface area contributed by atoms with E-state index in [9.17, 15) is 4.79 Å². The van der Waals surface area contributed by atoms with Crippen LogP contribution in [-0.4, -0.2) is 16.1 Å². The van der Waals surface area contributed by atoms with Gasteiger partial charge in [-0.1, -0.05) is 12.1 Å². The summed E-state index contributed by atoms with van der Waals surface area (Å²) in [6.45, 7) is 1.91. The molecule has 1 aromatic heterocycles. The average Bonchev–Trinajstić information content (AvgIpc) is 2.62. The number of benzene rings is 1. The molecule has 0 N–H and O–H groups in total. The van der Waals surface area contributed by atoms with Crippen LogP contribution >= 0.6 is 0 Å². The summed E-state index contributed by atoms with van der Waals surface area (Å²) < 4.78 is 7.36. The Bertz CT molecular complexity index is 517. The van der Waals surface area contributed by atoms with Crippen LogP contribution < -0.4 is 4.74 Å². The minimum Gasteiger partial charge on any atom is -0.453 e. The van der Waals surface area contributed by atoms with Crippen LogP contribution in [-0.2, 0) is 7.05 Å². The van der Waals surface area contributed by atoms with E-state index in [1.54, 1.807) is 29.1 Å². The summed E-state index contributed by atoms with van der Waals surface area (Å²) in [4.78, 5) is 10.8. The molecule has 4 heteroatoms. The van der Waals surface area contributed by atoms with Crippen molar-refractivity contribution in [1.82, 2.24) is 9.78 Å². The molecular weight excluding hydrogens is 204 g/mol. The van der Waals surface area contributed by atoms with E-state index in [0.29, 0.717) is 17.1 Å². The zero-order valence-electron chi connectivity index (χ0n) is 9.18. The van der Waals surface area contributed by atoms with Crippen LogP contribution in [0.3, 0.4) is 0 Å². The second kappa shape index (κ2) is 4.18. The van der Waals surface area contributed by atoms with Gasteiger partial charge in [-0.25, -0.2) is 0 Å². The van der Waals surface area contributed by atoms with Crippen LogP contribution in [0.15, 0.2) is 30.5 Å². The van der Waals surface area contributed by atoms with Gasteiger partial charge in [-0.2, -0.15) is 5.10 Å². The number of ether oxygens (including phenoxy) is 1. The highest BCUT2D eigenvalue weighted by Crippen LogP contribution is 2.26. The smallest absolute Gasteiger partial charge is 0.168 e. The average molecular weight is 216 g/mol. The number of carbonyl (C=O) groups excluding carboxylic acids is 1. The molecule has 1 heterocycles. The molecule has 0 bridgehead atoms. The molecule has 2 rings (SSSR count). The predicted molar refractivity (Wildman–Crippen MR) is 59.8 cm³/mol. The summed E-state index contributed by atoms with van der Waals surface area (Å²) in [6.07, 6.45) is 2.41. The second-order valence-corrected chi connectivity index (χ2v) is 3.48. The van der Waals surface area contributed by atoms with Gasteiger partial charge >= 0.3 is 0 Å². The van der Waals surface area contributed by atoms with Gasteiger partial charge < -0.3 is 4.74 Å². The van der Waals surface area contributed by atoms with E-state index >= 15 is 0 Å². The summed E-state index contributed by atoms with van der Waals surface area (Å²) in [7, 11) is 1.84. The van der Waals surface area contributed by atoms with Crippen molar-refractivity contribution in [3.63, 3.8) is 0 Å². The minimum atomic E-state index is 0.533. The Labute approximate surface area is 93.5 Å². The van der Waals surface area contributed by atoms with Crippen molar-refractivity contribution < 1.29 is 9.53 Å². The highest BCUT2D eigenvalue weighted by atomic mass is 16.5. The van der Waals surface area contributed by atoms with Gasteiger partial charge in [0.05, 0.1) is 17.5 Å². The number of hydrogen-bond donors (Lipinski definition) is 0.